The second-order valence-electron chi connectivity index (χ2n) is 3.92. The molecule has 0 aromatic rings. The number of rotatable bonds is 2. The third-order valence-corrected chi connectivity index (χ3v) is 3.51. The van der Waals surface area contributed by atoms with Gasteiger partial charge in [-0.15, -0.1) is 10.3 Å². The van der Waals surface area contributed by atoms with Crippen molar-refractivity contribution in [1.29, 1.82) is 0 Å². The fourth-order valence-corrected chi connectivity index (χ4v) is 2.21. The van der Waals surface area contributed by atoms with E-state index < -0.39 is 10.3 Å². The standard InChI is InChI=1S/C8H20OS/c1-7-10(5,6)9-8(2,3)4/h7H2,1-6H3. The van der Waals surface area contributed by atoms with Gasteiger partial charge in [0.15, 0.2) is 0 Å². The second-order valence-corrected chi connectivity index (χ2v) is 7.54. The van der Waals surface area contributed by atoms with E-state index >= 15 is 0 Å². The van der Waals surface area contributed by atoms with Crippen LogP contribution in [0.1, 0.15) is 27.7 Å². The Hall–Kier alpha value is 0.310. The molecule has 0 aliphatic rings. The number of hydrogen-bond acceptors (Lipinski definition) is 1. The van der Waals surface area contributed by atoms with Gasteiger partial charge in [-0.25, -0.2) is 0 Å². The first-order chi connectivity index (χ1) is 4.27. The fraction of sp³-hybridized carbons (Fsp3) is 1.00. The summed E-state index contributed by atoms with van der Waals surface area (Å²) in [4.78, 5) is 0. The topological polar surface area (TPSA) is 9.23 Å². The van der Waals surface area contributed by atoms with Crippen molar-refractivity contribution in [3.05, 3.63) is 0 Å². The Balaban J connectivity index is 3.89. The minimum Gasteiger partial charge on any atom is -0.332 e. The van der Waals surface area contributed by atoms with Crippen LogP contribution in [0.15, 0.2) is 0 Å². The van der Waals surface area contributed by atoms with Gasteiger partial charge in [0.25, 0.3) is 0 Å². The Bertz CT molecular complexity index is 102. The molecule has 0 N–H and O–H groups in total. The summed E-state index contributed by atoms with van der Waals surface area (Å²) >= 11 is 0. The maximum Gasteiger partial charge on any atom is 0.0723 e. The molecule has 64 valence electrons. The molecule has 0 atom stereocenters. The zero-order valence-electron chi connectivity index (χ0n) is 8.02. The van der Waals surface area contributed by atoms with Gasteiger partial charge in [-0.3, -0.25) is 0 Å². The first kappa shape index (κ1) is 10.3. The minimum atomic E-state index is -0.777. The summed E-state index contributed by atoms with van der Waals surface area (Å²) in [7, 11) is -0.777. The predicted octanol–water partition coefficient (Wildman–Crippen LogP) is 2.80. The molecule has 10 heavy (non-hydrogen) atoms. The van der Waals surface area contributed by atoms with Gasteiger partial charge in [-0.1, -0.05) is 6.92 Å². The molecule has 0 amide bonds. The van der Waals surface area contributed by atoms with Crippen LogP contribution in [0.25, 0.3) is 0 Å². The van der Waals surface area contributed by atoms with E-state index in [1.54, 1.807) is 0 Å². The lowest BCUT2D eigenvalue weighted by molar-refractivity contribution is 0.156. The van der Waals surface area contributed by atoms with E-state index in [1.807, 2.05) is 0 Å². The molecule has 0 bridgehead atoms. The lowest BCUT2D eigenvalue weighted by Crippen LogP contribution is -2.22. The SMILES string of the molecule is CCS(C)(C)OC(C)(C)C. The molecule has 0 aromatic heterocycles. The van der Waals surface area contributed by atoms with Gasteiger partial charge in [0.05, 0.1) is 5.60 Å². The van der Waals surface area contributed by atoms with E-state index in [1.165, 1.54) is 0 Å². The Kier molecular flexibility index (Phi) is 3.24. The van der Waals surface area contributed by atoms with Crippen molar-refractivity contribution in [3.63, 3.8) is 0 Å². The van der Waals surface area contributed by atoms with Gasteiger partial charge >= 0.3 is 0 Å². The second kappa shape index (κ2) is 3.14. The van der Waals surface area contributed by atoms with Gasteiger partial charge in [-0.2, -0.15) is 0 Å². The quantitative estimate of drug-likeness (QED) is 0.610. The lowest BCUT2D eigenvalue weighted by Gasteiger charge is -2.36. The molecule has 0 heterocycles. The van der Waals surface area contributed by atoms with Gasteiger partial charge in [-0.05, 0) is 39.0 Å². The molecule has 0 saturated heterocycles. The highest BCUT2D eigenvalue weighted by atomic mass is 32.3. The molecule has 0 fully saturated rings. The average Bonchev–Trinajstić information content (AvgIpc) is 1.60. The molecular weight excluding hydrogens is 144 g/mol. The highest BCUT2D eigenvalue weighted by Gasteiger charge is 2.19. The molecule has 0 aliphatic heterocycles. The zero-order valence-corrected chi connectivity index (χ0v) is 8.84. The van der Waals surface area contributed by atoms with Gasteiger partial charge in [0.2, 0.25) is 0 Å². The normalized spacial score (nSPS) is 15.4. The Morgan fingerprint density at radius 1 is 1.20 bits per heavy atom. The molecule has 0 aromatic carbocycles. The van der Waals surface area contributed by atoms with Crippen molar-refractivity contribution in [1.82, 2.24) is 0 Å². The van der Waals surface area contributed by atoms with Crippen molar-refractivity contribution in [2.24, 2.45) is 0 Å². The van der Waals surface area contributed by atoms with Crippen molar-refractivity contribution >= 4 is 10.3 Å². The summed E-state index contributed by atoms with van der Waals surface area (Å²) in [5.74, 6) is 1.14. The van der Waals surface area contributed by atoms with Crippen LogP contribution < -0.4 is 0 Å². The van der Waals surface area contributed by atoms with E-state index in [2.05, 4.69) is 40.2 Å². The van der Waals surface area contributed by atoms with E-state index in [4.69, 9.17) is 4.18 Å². The molecule has 0 spiro atoms. The van der Waals surface area contributed by atoms with Gasteiger partial charge < -0.3 is 4.18 Å². The van der Waals surface area contributed by atoms with Crippen molar-refractivity contribution in [2.75, 3.05) is 18.3 Å². The van der Waals surface area contributed by atoms with Crippen LogP contribution in [-0.2, 0) is 4.18 Å². The molecule has 0 unspecified atom stereocenters. The van der Waals surface area contributed by atoms with Gasteiger partial charge in [0.1, 0.15) is 0 Å². The average molecular weight is 164 g/mol. The molecule has 0 aliphatic carbocycles. The Morgan fingerprint density at radius 2 is 1.60 bits per heavy atom. The van der Waals surface area contributed by atoms with E-state index in [-0.39, 0.29) is 5.60 Å². The summed E-state index contributed by atoms with van der Waals surface area (Å²) in [5.41, 5.74) is 0.0227. The van der Waals surface area contributed by atoms with Crippen LogP contribution in [0.5, 0.6) is 0 Å². The lowest BCUT2D eigenvalue weighted by atomic mass is 10.2. The van der Waals surface area contributed by atoms with Crippen LogP contribution in [-0.4, -0.2) is 23.9 Å². The van der Waals surface area contributed by atoms with E-state index in [0.29, 0.717) is 0 Å². The van der Waals surface area contributed by atoms with Crippen molar-refractivity contribution in [2.45, 2.75) is 33.3 Å². The molecule has 0 rings (SSSR count). The summed E-state index contributed by atoms with van der Waals surface area (Å²) in [5, 5.41) is 0. The summed E-state index contributed by atoms with van der Waals surface area (Å²) in [6.07, 6.45) is 4.41. The molecule has 0 saturated carbocycles. The summed E-state index contributed by atoms with van der Waals surface area (Å²) < 4.78 is 5.86. The van der Waals surface area contributed by atoms with E-state index in [0.717, 1.165) is 5.75 Å². The van der Waals surface area contributed by atoms with Crippen molar-refractivity contribution in [3.8, 4) is 0 Å². The molecular formula is C8H20OS. The monoisotopic (exact) mass is 164 g/mol. The highest BCUT2D eigenvalue weighted by molar-refractivity contribution is 8.28. The van der Waals surface area contributed by atoms with Crippen LogP contribution in [0.2, 0.25) is 0 Å². The molecule has 0 radical (unpaired) electrons. The minimum absolute atomic E-state index is 0.0227. The highest BCUT2D eigenvalue weighted by Crippen LogP contribution is 2.44. The Labute approximate surface area is 66.7 Å². The van der Waals surface area contributed by atoms with E-state index in [9.17, 15) is 0 Å². The smallest absolute Gasteiger partial charge is 0.0723 e. The van der Waals surface area contributed by atoms with Crippen LogP contribution in [0.4, 0.5) is 0 Å². The summed E-state index contributed by atoms with van der Waals surface area (Å²) in [6, 6.07) is 0. The molecule has 2 heteroatoms. The first-order valence-corrected chi connectivity index (χ1v) is 6.23. The zero-order chi connectivity index (χ0) is 8.41. The largest absolute Gasteiger partial charge is 0.332 e. The third-order valence-electron chi connectivity index (χ3n) is 1.17. The predicted molar refractivity (Wildman–Crippen MR) is 50.8 cm³/mol. The first-order valence-electron chi connectivity index (χ1n) is 3.68. The van der Waals surface area contributed by atoms with Gasteiger partial charge in [0, 0.05) is 0 Å². The maximum absolute atomic E-state index is 5.86. The maximum atomic E-state index is 5.86. The molecule has 1 nitrogen and oxygen atoms in total. The summed E-state index contributed by atoms with van der Waals surface area (Å²) in [6.45, 7) is 8.51. The number of hydrogen-bond donors (Lipinski definition) is 0. The third kappa shape index (κ3) is 5.12. The Morgan fingerprint density at radius 3 is 1.70 bits per heavy atom. The van der Waals surface area contributed by atoms with Crippen LogP contribution >= 0.6 is 10.3 Å². The van der Waals surface area contributed by atoms with Crippen LogP contribution in [0, 0.1) is 0 Å². The van der Waals surface area contributed by atoms with Crippen molar-refractivity contribution < 1.29 is 4.18 Å². The van der Waals surface area contributed by atoms with Crippen LogP contribution in [0.3, 0.4) is 0 Å². The fourth-order valence-electron chi connectivity index (χ4n) is 0.736.